The zero-order valence-corrected chi connectivity index (χ0v) is 17.7. The van der Waals surface area contributed by atoms with Crippen molar-refractivity contribution in [1.82, 2.24) is 0 Å². The van der Waals surface area contributed by atoms with E-state index in [0.717, 1.165) is 0 Å². The highest BCUT2D eigenvalue weighted by atomic mass is 79.9. The molecule has 0 saturated heterocycles. The number of fused-ring (bicyclic) bond motifs is 5. The summed E-state index contributed by atoms with van der Waals surface area (Å²) in [6.07, 6.45) is 0. The van der Waals surface area contributed by atoms with Crippen LogP contribution in [0.3, 0.4) is 0 Å². The van der Waals surface area contributed by atoms with Gasteiger partial charge < -0.3 is 19.6 Å². The lowest BCUT2D eigenvalue weighted by Crippen LogP contribution is -2.48. The molecule has 0 aliphatic carbocycles. The van der Waals surface area contributed by atoms with Crippen LogP contribution in [0.2, 0.25) is 0 Å². The molecule has 1 spiro atoms. The molecule has 0 aromatic heterocycles. The first kappa shape index (κ1) is 18.7. The first-order chi connectivity index (χ1) is 14.2. The Hall–Kier alpha value is -3.29. The van der Waals surface area contributed by atoms with Crippen molar-refractivity contribution in [3.05, 3.63) is 74.4 Å². The number of ether oxygens (including phenoxy) is 1. The standard InChI is InChI=1S/C20H12BrN3O5S/c1-24-14-7-6-10(21)8-12(14)20(19(24)25)13(9-22)18(23)28-16-11-4-2-3-5-15(11)29-30(26,27)17(16)20/h2-8H,23H2,1H3. The highest BCUT2D eigenvalue weighted by molar-refractivity contribution is 9.10. The van der Waals surface area contributed by atoms with Crippen molar-refractivity contribution >= 4 is 43.4 Å². The van der Waals surface area contributed by atoms with Gasteiger partial charge in [0.05, 0.1) is 5.56 Å². The summed E-state index contributed by atoms with van der Waals surface area (Å²) in [6.45, 7) is 0. The third-order valence-corrected chi connectivity index (χ3v) is 7.31. The second-order valence-electron chi connectivity index (χ2n) is 6.92. The maximum absolute atomic E-state index is 13.7. The Morgan fingerprint density at radius 2 is 1.97 bits per heavy atom. The van der Waals surface area contributed by atoms with E-state index in [4.69, 9.17) is 14.7 Å². The summed E-state index contributed by atoms with van der Waals surface area (Å²) < 4.78 is 38.2. The van der Waals surface area contributed by atoms with Crippen LogP contribution in [0.15, 0.2) is 63.3 Å². The number of para-hydroxylation sites is 1. The lowest BCUT2D eigenvalue weighted by atomic mass is 9.73. The minimum Gasteiger partial charge on any atom is -0.438 e. The quantitative estimate of drug-likeness (QED) is 0.568. The van der Waals surface area contributed by atoms with E-state index in [9.17, 15) is 18.5 Å². The molecule has 3 heterocycles. The molecule has 2 aromatic rings. The number of benzene rings is 2. The molecule has 0 radical (unpaired) electrons. The van der Waals surface area contributed by atoms with Gasteiger partial charge in [-0.05, 0) is 30.3 Å². The van der Waals surface area contributed by atoms with Crippen molar-refractivity contribution in [1.29, 1.82) is 5.26 Å². The smallest absolute Gasteiger partial charge is 0.340 e. The maximum atomic E-state index is 13.7. The summed E-state index contributed by atoms with van der Waals surface area (Å²) in [6, 6.07) is 13.2. The van der Waals surface area contributed by atoms with Gasteiger partial charge in [0.15, 0.2) is 21.8 Å². The highest BCUT2D eigenvalue weighted by Gasteiger charge is 2.65. The van der Waals surface area contributed by atoms with E-state index >= 15 is 0 Å². The van der Waals surface area contributed by atoms with E-state index in [1.807, 2.05) is 6.07 Å². The van der Waals surface area contributed by atoms with Gasteiger partial charge in [0.2, 0.25) is 11.8 Å². The second-order valence-corrected chi connectivity index (χ2v) is 9.32. The number of halogens is 1. The van der Waals surface area contributed by atoms with Crippen LogP contribution in [0.4, 0.5) is 5.69 Å². The van der Waals surface area contributed by atoms with E-state index in [0.29, 0.717) is 21.3 Å². The Labute approximate surface area is 180 Å². The van der Waals surface area contributed by atoms with Gasteiger partial charge in [-0.25, -0.2) is 0 Å². The van der Waals surface area contributed by atoms with Gasteiger partial charge in [0, 0.05) is 22.8 Å². The number of nitrogens with two attached hydrogens (primary N) is 1. The van der Waals surface area contributed by atoms with Crippen molar-refractivity contribution in [3.8, 4) is 11.8 Å². The van der Waals surface area contributed by atoms with Crippen molar-refractivity contribution in [2.24, 2.45) is 5.73 Å². The Kier molecular flexibility index (Phi) is 3.66. The summed E-state index contributed by atoms with van der Waals surface area (Å²) >= 11 is 3.37. The highest BCUT2D eigenvalue weighted by Crippen LogP contribution is 2.58. The number of nitrogens with zero attached hydrogens (tertiary/aromatic N) is 2. The van der Waals surface area contributed by atoms with Gasteiger partial charge in [-0.15, -0.1) is 0 Å². The number of nitriles is 1. The van der Waals surface area contributed by atoms with Crippen LogP contribution in [0.25, 0.3) is 5.76 Å². The van der Waals surface area contributed by atoms with E-state index < -0.39 is 26.3 Å². The van der Waals surface area contributed by atoms with Crippen LogP contribution in [0.5, 0.6) is 5.75 Å². The molecule has 5 rings (SSSR count). The molecule has 0 saturated carbocycles. The monoisotopic (exact) mass is 485 g/mol. The molecule has 0 fully saturated rings. The predicted octanol–water partition coefficient (Wildman–Crippen LogP) is 2.48. The average molecular weight is 486 g/mol. The Balaban J connectivity index is 2.00. The van der Waals surface area contributed by atoms with Crippen LogP contribution < -0.4 is 14.8 Å². The zero-order chi connectivity index (χ0) is 21.4. The molecule has 1 unspecified atom stereocenters. The summed E-state index contributed by atoms with van der Waals surface area (Å²) in [5.74, 6) is -1.05. The normalized spacial score (nSPS) is 23.4. The number of amides is 1. The predicted molar refractivity (Wildman–Crippen MR) is 110 cm³/mol. The van der Waals surface area contributed by atoms with Crippen molar-refractivity contribution in [3.63, 3.8) is 0 Å². The number of anilines is 1. The van der Waals surface area contributed by atoms with Crippen LogP contribution >= 0.6 is 15.9 Å². The van der Waals surface area contributed by atoms with E-state index in [1.165, 1.54) is 18.0 Å². The molecule has 30 heavy (non-hydrogen) atoms. The molecular formula is C20H12BrN3O5S. The number of carbonyl (C=O) groups excluding carboxylic acids is 1. The second kappa shape index (κ2) is 5.87. The Morgan fingerprint density at radius 1 is 1.23 bits per heavy atom. The molecule has 1 atom stereocenters. The van der Waals surface area contributed by atoms with Crippen LogP contribution in [0, 0.1) is 11.3 Å². The fourth-order valence-electron chi connectivity index (χ4n) is 4.22. The average Bonchev–Trinajstić information content (AvgIpc) is 2.90. The largest absolute Gasteiger partial charge is 0.438 e. The van der Waals surface area contributed by atoms with Crippen molar-refractivity contribution in [2.45, 2.75) is 5.41 Å². The number of carbonyl (C=O) groups is 1. The minimum atomic E-state index is -4.52. The molecular weight excluding hydrogens is 474 g/mol. The molecule has 3 aliphatic rings. The lowest BCUT2D eigenvalue weighted by molar-refractivity contribution is -0.120. The summed E-state index contributed by atoms with van der Waals surface area (Å²) in [5.41, 5.74) is 4.82. The fraction of sp³-hybridized carbons (Fsp3) is 0.100. The van der Waals surface area contributed by atoms with Crippen molar-refractivity contribution in [2.75, 3.05) is 11.9 Å². The van der Waals surface area contributed by atoms with Gasteiger partial charge in [0.25, 0.3) is 0 Å². The van der Waals surface area contributed by atoms with Gasteiger partial charge in [-0.1, -0.05) is 28.1 Å². The number of rotatable bonds is 0. The number of hydrogen-bond acceptors (Lipinski definition) is 7. The number of likely N-dealkylation sites (N-methyl/N-ethyl adjacent to an activating group) is 1. The summed E-state index contributed by atoms with van der Waals surface area (Å²) in [4.78, 5) is 14.5. The fourth-order valence-corrected chi connectivity index (χ4v) is 6.10. The summed E-state index contributed by atoms with van der Waals surface area (Å²) in [5, 5.41) is 9.93. The molecule has 3 aliphatic heterocycles. The third kappa shape index (κ3) is 2.08. The maximum Gasteiger partial charge on any atom is 0.340 e. The van der Waals surface area contributed by atoms with Gasteiger partial charge in [0.1, 0.15) is 11.6 Å². The Morgan fingerprint density at radius 3 is 2.70 bits per heavy atom. The molecule has 0 bridgehead atoms. The van der Waals surface area contributed by atoms with Gasteiger partial charge >= 0.3 is 10.1 Å². The van der Waals surface area contributed by atoms with Crippen molar-refractivity contribution < 1.29 is 22.1 Å². The zero-order valence-electron chi connectivity index (χ0n) is 15.3. The Bertz CT molecular complexity index is 1390. The molecule has 2 aromatic carbocycles. The first-order valence-electron chi connectivity index (χ1n) is 8.68. The molecule has 10 heteroatoms. The third-order valence-electron chi connectivity index (χ3n) is 5.42. The first-order valence-corrected chi connectivity index (χ1v) is 10.9. The molecule has 1 amide bonds. The molecule has 8 nitrogen and oxygen atoms in total. The lowest BCUT2D eigenvalue weighted by Gasteiger charge is -2.37. The van der Waals surface area contributed by atoms with Crippen LogP contribution in [0.1, 0.15) is 11.1 Å². The van der Waals surface area contributed by atoms with Crippen LogP contribution in [-0.4, -0.2) is 21.4 Å². The van der Waals surface area contributed by atoms with Gasteiger partial charge in [-0.3, -0.25) is 4.79 Å². The minimum absolute atomic E-state index is 0.0490. The molecule has 2 N–H and O–H groups in total. The summed E-state index contributed by atoms with van der Waals surface area (Å²) in [7, 11) is -3.01. The van der Waals surface area contributed by atoms with Crippen LogP contribution in [-0.2, 0) is 25.1 Å². The molecule has 150 valence electrons. The SMILES string of the molecule is CN1C(=O)C2(C(C#N)=C(N)OC3=C2S(=O)(=O)Oc2ccccc23)c2cc(Br)ccc21. The van der Waals surface area contributed by atoms with Gasteiger partial charge in [-0.2, -0.15) is 13.7 Å². The number of hydrogen-bond donors (Lipinski definition) is 1. The topological polar surface area (TPSA) is 123 Å². The van der Waals surface area contributed by atoms with E-state index in [2.05, 4.69) is 15.9 Å². The van der Waals surface area contributed by atoms with E-state index in [-0.39, 0.29) is 23.0 Å². The van der Waals surface area contributed by atoms with E-state index in [1.54, 1.807) is 36.4 Å².